The first-order chi connectivity index (χ1) is 11.2. The molecule has 0 radical (unpaired) electrons. The number of aliphatic hydroxyl groups is 1. The minimum Gasteiger partial charge on any atom is -0.396 e. The van der Waals surface area contributed by atoms with Crippen molar-refractivity contribution in [3.8, 4) is 0 Å². The third kappa shape index (κ3) is 5.48. The predicted molar refractivity (Wildman–Crippen MR) is 96.3 cm³/mol. The van der Waals surface area contributed by atoms with Crippen LogP contribution < -0.4 is 10.6 Å². The normalized spacial score (nSPS) is 23.0. The van der Waals surface area contributed by atoms with Gasteiger partial charge in [-0.3, -0.25) is 4.99 Å². The van der Waals surface area contributed by atoms with Gasteiger partial charge in [-0.1, -0.05) is 13.0 Å². The zero-order chi connectivity index (χ0) is 16.5. The Morgan fingerprint density at radius 1 is 1.52 bits per heavy atom. The van der Waals surface area contributed by atoms with Crippen LogP contribution in [0.2, 0.25) is 0 Å². The second kappa shape index (κ2) is 9.25. The molecule has 0 saturated carbocycles. The number of ether oxygens (including phenoxy) is 1. The molecule has 1 fully saturated rings. The molecule has 0 bridgehead atoms. The molecule has 0 spiro atoms. The van der Waals surface area contributed by atoms with Gasteiger partial charge in [0.15, 0.2) is 5.96 Å². The molecule has 1 aromatic rings. The Bertz CT molecular complexity index is 470. The molecule has 2 heterocycles. The van der Waals surface area contributed by atoms with Crippen molar-refractivity contribution in [2.75, 3.05) is 39.5 Å². The highest BCUT2D eigenvalue weighted by Gasteiger charge is 2.34. The van der Waals surface area contributed by atoms with E-state index in [0.717, 1.165) is 38.5 Å². The second-order valence-electron chi connectivity index (χ2n) is 6.27. The van der Waals surface area contributed by atoms with Crippen molar-refractivity contribution in [1.82, 2.24) is 10.6 Å². The smallest absolute Gasteiger partial charge is 0.191 e. The van der Waals surface area contributed by atoms with Crippen molar-refractivity contribution in [2.45, 2.75) is 32.6 Å². The van der Waals surface area contributed by atoms with Crippen LogP contribution in [0.1, 0.15) is 37.5 Å². The lowest BCUT2D eigenvalue weighted by Gasteiger charge is -2.25. The zero-order valence-electron chi connectivity index (χ0n) is 14.2. The third-order valence-electron chi connectivity index (χ3n) is 4.35. The molecule has 0 aliphatic carbocycles. The molecule has 23 heavy (non-hydrogen) atoms. The number of thiophene rings is 1. The summed E-state index contributed by atoms with van der Waals surface area (Å²) in [7, 11) is 0. The first-order valence-electron chi connectivity index (χ1n) is 8.43. The van der Waals surface area contributed by atoms with E-state index < -0.39 is 0 Å². The number of guanidine groups is 1. The molecule has 1 aliphatic rings. The molecule has 2 atom stereocenters. The highest BCUT2D eigenvalue weighted by molar-refractivity contribution is 7.10. The van der Waals surface area contributed by atoms with Crippen LogP contribution in [0.4, 0.5) is 0 Å². The molecular formula is C17H29N3O2S. The van der Waals surface area contributed by atoms with Gasteiger partial charge in [0, 0.05) is 42.5 Å². The van der Waals surface area contributed by atoms with Crippen LogP contribution in [-0.2, 0) is 4.74 Å². The van der Waals surface area contributed by atoms with Gasteiger partial charge in [0.05, 0.1) is 13.2 Å². The Hall–Kier alpha value is -1.11. The molecule has 0 amide bonds. The van der Waals surface area contributed by atoms with Crippen LogP contribution in [0.15, 0.2) is 22.5 Å². The zero-order valence-corrected chi connectivity index (χ0v) is 15.0. The molecule has 6 heteroatoms. The summed E-state index contributed by atoms with van der Waals surface area (Å²) in [6.07, 6.45) is 1.73. The van der Waals surface area contributed by atoms with Gasteiger partial charge < -0.3 is 20.5 Å². The standard InChI is InChI=1S/C17H29N3O2S/c1-3-18-16(19-11-14(2)15-5-4-10-23-15)20-12-17(6-8-21)7-9-22-13-17/h4-5,10,14,21H,3,6-9,11-13H2,1-2H3,(H2,18,19,20). The Morgan fingerprint density at radius 3 is 3.00 bits per heavy atom. The molecule has 1 saturated heterocycles. The largest absolute Gasteiger partial charge is 0.396 e. The van der Waals surface area contributed by atoms with Crippen molar-refractivity contribution in [1.29, 1.82) is 0 Å². The maximum absolute atomic E-state index is 9.31. The van der Waals surface area contributed by atoms with E-state index in [2.05, 4.69) is 42.0 Å². The maximum Gasteiger partial charge on any atom is 0.191 e. The number of nitrogens with zero attached hydrogens (tertiary/aromatic N) is 1. The average molecular weight is 340 g/mol. The minimum atomic E-state index is -0.00350. The van der Waals surface area contributed by atoms with E-state index in [0.29, 0.717) is 19.1 Å². The summed E-state index contributed by atoms with van der Waals surface area (Å²) in [6.45, 7) is 8.34. The van der Waals surface area contributed by atoms with Gasteiger partial charge in [-0.25, -0.2) is 0 Å². The quantitative estimate of drug-likeness (QED) is 0.502. The second-order valence-corrected chi connectivity index (χ2v) is 7.25. The molecule has 1 aliphatic heterocycles. The summed E-state index contributed by atoms with van der Waals surface area (Å²) >= 11 is 1.79. The number of rotatable bonds is 8. The van der Waals surface area contributed by atoms with E-state index in [-0.39, 0.29) is 12.0 Å². The Morgan fingerprint density at radius 2 is 2.39 bits per heavy atom. The molecule has 1 aromatic heterocycles. The monoisotopic (exact) mass is 339 g/mol. The summed E-state index contributed by atoms with van der Waals surface area (Å²) < 4.78 is 5.53. The number of hydrogen-bond donors (Lipinski definition) is 3. The topological polar surface area (TPSA) is 65.9 Å². The fraction of sp³-hybridized carbons (Fsp3) is 0.706. The van der Waals surface area contributed by atoms with Gasteiger partial charge in [-0.2, -0.15) is 0 Å². The third-order valence-corrected chi connectivity index (χ3v) is 5.45. The lowest BCUT2D eigenvalue weighted by Crippen LogP contribution is -2.40. The summed E-state index contributed by atoms with van der Waals surface area (Å²) in [5, 5.41) is 18.2. The number of nitrogens with one attached hydrogen (secondary N) is 2. The van der Waals surface area contributed by atoms with Gasteiger partial charge in [-0.05, 0) is 31.2 Å². The van der Waals surface area contributed by atoms with Crippen LogP contribution in [0.3, 0.4) is 0 Å². The van der Waals surface area contributed by atoms with Crippen LogP contribution in [0.25, 0.3) is 0 Å². The molecule has 130 valence electrons. The number of hydrogen-bond acceptors (Lipinski definition) is 4. The fourth-order valence-corrected chi connectivity index (χ4v) is 3.59. The van der Waals surface area contributed by atoms with Gasteiger partial charge in [0.1, 0.15) is 0 Å². The van der Waals surface area contributed by atoms with Crippen molar-refractivity contribution in [2.24, 2.45) is 10.4 Å². The lowest BCUT2D eigenvalue weighted by atomic mass is 9.84. The molecule has 2 rings (SSSR count). The van der Waals surface area contributed by atoms with E-state index >= 15 is 0 Å². The van der Waals surface area contributed by atoms with E-state index in [9.17, 15) is 5.11 Å². The van der Waals surface area contributed by atoms with Crippen molar-refractivity contribution >= 4 is 17.3 Å². The van der Waals surface area contributed by atoms with Gasteiger partial charge in [-0.15, -0.1) is 11.3 Å². The molecule has 3 N–H and O–H groups in total. The van der Waals surface area contributed by atoms with Gasteiger partial charge in [0.2, 0.25) is 0 Å². The van der Waals surface area contributed by atoms with E-state index in [1.165, 1.54) is 4.88 Å². The Kier molecular flexibility index (Phi) is 7.33. The summed E-state index contributed by atoms with van der Waals surface area (Å²) in [5.41, 5.74) is -0.00350. The summed E-state index contributed by atoms with van der Waals surface area (Å²) in [5.74, 6) is 1.31. The van der Waals surface area contributed by atoms with Crippen LogP contribution >= 0.6 is 11.3 Å². The van der Waals surface area contributed by atoms with Crippen LogP contribution in [0.5, 0.6) is 0 Å². The molecule has 5 nitrogen and oxygen atoms in total. The Labute approximate surface area is 143 Å². The van der Waals surface area contributed by atoms with Crippen LogP contribution in [-0.4, -0.2) is 50.5 Å². The van der Waals surface area contributed by atoms with Crippen molar-refractivity contribution < 1.29 is 9.84 Å². The first kappa shape index (κ1) is 18.2. The van der Waals surface area contributed by atoms with E-state index in [1.54, 1.807) is 11.3 Å². The highest BCUT2D eigenvalue weighted by Crippen LogP contribution is 2.32. The number of aliphatic hydroxyl groups excluding tert-OH is 1. The first-order valence-corrected chi connectivity index (χ1v) is 9.31. The molecular weight excluding hydrogens is 310 g/mol. The van der Waals surface area contributed by atoms with Crippen molar-refractivity contribution in [3.63, 3.8) is 0 Å². The van der Waals surface area contributed by atoms with Gasteiger partial charge >= 0.3 is 0 Å². The Balaban J connectivity index is 1.91. The number of aliphatic imine (C=N–C) groups is 1. The molecule has 0 aromatic carbocycles. The van der Waals surface area contributed by atoms with E-state index in [1.807, 2.05) is 0 Å². The fourth-order valence-electron chi connectivity index (χ4n) is 2.80. The minimum absolute atomic E-state index is 0.00350. The highest BCUT2D eigenvalue weighted by atomic mass is 32.1. The SMILES string of the molecule is CCNC(=NCC1(CCO)CCOC1)NCC(C)c1cccs1. The predicted octanol–water partition coefficient (Wildman–Crippen LogP) is 2.20. The van der Waals surface area contributed by atoms with E-state index in [4.69, 9.17) is 9.73 Å². The maximum atomic E-state index is 9.31. The van der Waals surface area contributed by atoms with Crippen molar-refractivity contribution in [3.05, 3.63) is 22.4 Å². The van der Waals surface area contributed by atoms with Crippen LogP contribution in [0, 0.1) is 5.41 Å². The average Bonchev–Trinajstić information content (AvgIpc) is 3.22. The summed E-state index contributed by atoms with van der Waals surface area (Å²) in [4.78, 5) is 6.13. The lowest BCUT2D eigenvalue weighted by molar-refractivity contribution is 0.131. The summed E-state index contributed by atoms with van der Waals surface area (Å²) in [6, 6.07) is 4.27. The van der Waals surface area contributed by atoms with Gasteiger partial charge in [0.25, 0.3) is 0 Å². The molecule has 2 unspecified atom stereocenters.